The van der Waals surface area contributed by atoms with Crippen LogP contribution >= 0.6 is 11.6 Å². The molecular weight excluding hydrogens is 364 g/mol. The molecule has 6 nitrogen and oxygen atoms in total. The molecule has 2 N–H and O–H groups in total. The number of carbonyl (C=O) groups is 1. The number of nitrogens with one attached hydrogen (secondary N) is 2. The first-order valence-electron chi connectivity index (χ1n) is 8.35. The van der Waals surface area contributed by atoms with Crippen molar-refractivity contribution in [2.24, 2.45) is 0 Å². The van der Waals surface area contributed by atoms with Crippen LogP contribution in [-0.4, -0.2) is 23.0 Å². The molecule has 1 heterocycles. The zero-order valence-corrected chi connectivity index (χ0v) is 15.7. The molecule has 3 rings (SSSR count). The average molecular weight is 383 g/mol. The fraction of sp³-hybridized carbons (Fsp3) is 0.150. The Labute approximate surface area is 162 Å². The normalized spacial score (nSPS) is 11.5. The van der Waals surface area contributed by atoms with Crippen molar-refractivity contribution in [3.63, 3.8) is 0 Å². The number of hydrogen-bond acceptors (Lipinski definition) is 5. The maximum Gasteiger partial charge on any atom is 0.275 e. The van der Waals surface area contributed by atoms with E-state index in [1.165, 1.54) is 19.5 Å². The van der Waals surface area contributed by atoms with Crippen molar-refractivity contribution in [2.75, 3.05) is 17.7 Å². The standard InChI is InChI=1S/C20H19ClN4O2/c1-13(14-6-4-3-5-7-14)24-19-12-22-17(11-23-19)20(26)25-16-10-15(21)8-9-18(16)27-2/h3-13H,1-2H3,(H,23,24)(H,25,26). The van der Waals surface area contributed by atoms with Gasteiger partial charge < -0.3 is 15.4 Å². The molecular formula is C20H19ClN4O2. The summed E-state index contributed by atoms with van der Waals surface area (Å²) in [6.45, 7) is 2.03. The minimum Gasteiger partial charge on any atom is -0.495 e. The van der Waals surface area contributed by atoms with Gasteiger partial charge in [0.05, 0.1) is 25.2 Å². The molecule has 138 valence electrons. The van der Waals surface area contributed by atoms with E-state index in [4.69, 9.17) is 16.3 Å². The molecule has 0 aliphatic heterocycles. The zero-order valence-electron chi connectivity index (χ0n) is 14.9. The number of nitrogens with zero attached hydrogens (tertiary/aromatic N) is 2. The van der Waals surface area contributed by atoms with E-state index in [9.17, 15) is 4.79 Å². The largest absolute Gasteiger partial charge is 0.495 e. The molecule has 1 unspecified atom stereocenters. The highest BCUT2D eigenvalue weighted by atomic mass is 35.5. The van der Waals surface area contributed by atoms with E-state index in [-0.39, 0.29) is 11.7 Å². The SMILES string of the molecule is COc1ccc(Cl)cc1NC(=O)c1cnc(NC(C)c2ccccc2)cn1. The van der Waals surface area contributed by atoms with Crippen LogP contribution in [0.3, 0.4) is 0 Å². The predicted molar refractivity (Wildman–Crippen MR) is 106 cm³/mol. The van der Waals surface area contributed by atoms with Crippen LogP contribution in [0, 0.1) is 0 Å². The number of rotatable bonds is 6. The summed E-state index contributed by atoms with van der Waals surface area (Å²) < 4.78 is 5.22. The van der Waals surface area contributed by atoms with Gasteiger partial charge in [-0.2, -0.15) is 0 Å². The topological polar surface area (TPSA) is 76.1 Å². The number of aromatic nitrogens is 2. The van der Waals surface area contributed by atoms with E-state index >= 15 is 0 Å². The Balaban J connectivity index is 1.68. The molecule has 0 radical (unpaired) electrons. The van der Waals surface area contributed by atoms with Crippen LogP contribution in [0.1, 0.15) is 29.0 Å². The molecule has 3 aromatic rings. The molecule has 0 bridgehead atoms. The Morgan fingerprint density at radius 3 is 2.56 bits per heavy atom. The van der Waals surface area contributed by atoms with Crippen molar-refractivity contribution in [1.29, 1.82) is 0 Å². The van der Waals surface area contributed by atoms with Gasteiger partial charge in [0.15, 0.2) is 0 Å². The summed E-state index contributed by atoms with van der Waals surface area (Å²) in [5, 5.41) is 6.48. The number of halogens is 1. The van der Waals surface area contributed by atoms with E-state index in [1.807, 2.05) is 37.3 Å². The Kier molecular flexibility index (Phi) is 5.88. The minimum atomic E-state index is -0.397. The lowest BCUT2D eigenvalue weighted by Crippen LogP contribution is -2.15. The number of anilines is 2. The number of ether oxygens (including phenoxy) is 1. The third kappa shape index (κ3) is 4.74. The van der Waals surface area contributed by atoms with Crippen LogP contribution < -0.4 is 15.4 Å². The summed E-state index contributed by atoms with van der Waals surface area (Å²) in [7, 11) is 1.52. The van der Waals surface area contributed by atoms with Crippen LogP contribution in [0.25, 0.3) is 0 Å². The van der Waals surface area contributed by atoms with Crippen molar-refractivity contribution < 1.29 is 9.53 Å². The second-order valence-electron chi connectivity index (χ2n) is 5.86. The smallest absolute Gasteiger partial charge is 0.275 e. The molecule has 27 heavy (non-hydrogen) atoms. The van der Waals surface area contributed by atoms with Gasteiger partial charge in [-0.3, -0.25) is 4.79 Å². The lowest BCUT2D eigenvalue weighted by atomic mass is 10.1. The van der Waals surface area contributed by atoms with Crippen molar-refractivity contribution in [3.05, 3.63) is 77.2 Å². The first-order chi connectivity index (χ1) is 13.1. The van der Waals surface area contributed by atoms with E-state index in [1.54, 1.807) is 18.2 Å². The molecule has 7 heteroatoms. The highest BCUT2D eigenvalue weighted by Gasteiger charge is 2.13. The van der Waals surface area contributed by atoms with Gasteiger partial charge in [0.1, 0.15) is 17.3 Å². The number of amides is 1. The zero-order chi connectivity index (χ0) is 19.2. The summed E-state index contributed by atoms with van der Waals surface area (Å²) in [6.07, 6.45) is 2.95. The van der Waals surface area contributed by atoms with Crippen LogP contribution in [0.5, 0.6) is 5.75 Å². The maximum absolute atomic E-state index is 12.4. The van der Waals surface area contributed by atoms with Gasteiger partial charge in [-0.05, 0) is 30.7 Å². The van der Waals surface area contributed by atoms with Crippen LogP contribution in [0.2, 0.25) is 5.02 Å². The molecule has 0 aliphatic carbocycles. The first-order valence-corrected chi connectivity index (χ1v) is 8.73. The number of benzene rings is 2. The molecule has 0 saturated carbocycles. The van der Waals surface area contributed by atoms with Crippen molar-refractivity contribution in [2.45, 2.75) is 13.0 Å². The second-order valence-corrected chi connectivity index (χ2v) is 6.30. The Morgan fingerprint density at radius 2 is 1.89 bits per heavy atom. The minimum absolute atomic E-state index is 0.0656. The fourth-order valence-electron chi connectivity index (χ4n) is 2.53. The van der Waals surface area contributed by atoms with Gasteiger partial charge >= 0.3 is 0 Å². The van der Waals surface area contributed by atoms with Crippen molar-refractivity contribution in [3.8, 4) is 5.75 Å². The van der Waals surface area contributed by atoms with Gasteiger partial charge in [0, 0.05) is 11.1 Å². The highest BCUT2D eigenvalue weighted by molar-refractivity contribution is 6.31. The molecule has 0 fully saturated rings. The quantitative estimate of drug-likeness (QED) is 0.653. The molecule has 0 saturated heterocycles. The third-order valence-corrected chi connectivity index (χ3v) is 4.19. The van der Waals surface area contributed by atoms with E-state index in [0.717, 1.165) is 5.56 Å². The van der Waals surface area contributed by atoms with E-state index in [2.05, 4.69) is 20.6 Å². The van der Waals surface area contributed by atoms with E-state index < -0.39 is 5.91 Å². The second kappa shape index (κ2) is 8.51. The van der Waals surface area contributed by atoms with Gasteiger partial charge in [0.2, 0.25) is 0 Å². The summed E-state index contributed by atoms with van der Waals surface area (Å²) in [5.74, 6) is 0.699. The van der Waals surface area contributed by atoms with Crippen LogP contribution in [0.15, 0.2) is 60.9 Å². The van der Waals surface area contributed by atoms with Crippen LogP contribution in [0.4, 0.5) is 11.5 Å². The number of carbonyl (C=O) groups excluding carboxylic acids is 1. The average Bonchev–Trinajstić information content (AvgIpc) is 2.69. The predicted octanol–water partition coefficient (Wildman–Crippen LogP) is 4.56. The molecule has 0 aliphatic rings. The fourth-order valence-corrected chi connectivity index (χ4v) is 2.70. The lowest BCUT2D eigenvalue weighted by Gasteiger charge is -2.14. The summed E-state index contributed by atoms with van der Waals surface area (Å²) in [4.78, 5) is 20.9. The molecule has 1 atom stereocenters. The highest BCUT2D eigenvalue weighted by Crippen LogP contribution is 2.28. The Bertz CT molecular complexity index is 917. The lowest BCUT2D eigenvalue weighted by molar-refractivity contribution is 0.102. The first kappa shape index (κ1) is 18.7. The van der Waals surface area contributed by atoms with Crippen molar-refractivity contribution >= 4 is 29.0 Å². The van der Waals surface area contributed by atoms with Crippen molar-refractivity contribution in [1.82, 2.24) is 9.97 Å². The summed E-state index contributed by atoms with van der Waals surface area (Å²) in [5.41, 5.74) is 1.79. The maximum atomic E-state index is 12.4. The molecule has 0 spiro atoms. The van der Waals surface area contributed by atoms with Gasteiger partial charge in [0.25, 0.3) is 5.91 Å². The monoisotopic (exact) mass is 382 g/mol. The molecule has 1 aromatic heterocycles. The number of hydrogen-bond donors (Lipinski definition) is 2. The van der Waals surface area contributed by atoms with Crippen LogP contribution in [-0.2, 0) is 0 Å². The van der Waals surface area contributed by atoms with Gasteiger partial charge in [-0.25, -0.2) is 9.97 Å². The Hall–Kier alpha value is -3.12. The third-order valence-electron chi connectivity index (χ3n) is 3.96. The molecule has 2 aromatic carbocycles. The van der Waals surface area contributed by atoms with E-state index in [0.29, 0.717) is 22.3 Å². The molecule has 1 amide bonds. The van der Waals surface area contributed by atoms with Gasteiger partial charge in [-0.15, -0.1) is 0 Å². The summed E-state index contributed by atoms with van der Waals surface area (Å²) >= 11 is 5.98. The summed E-state index contributed by atoms with van der Waals surface area (Å²) in [6, 6.07) is 15.0. The Morgan fingerprint density at radius 1 is 1.11 bits per heavy atom. The number of methoxy groups -OCH3 is 1. The van der Waals surface area contributed by atoms with Gasteiger partial charge in [-0.1, -0.05) is 41.9 Å².